The Kier molecular flexibility index (Phi) is 5.62. The molecule has 2 nitrogen and oxygen atoms in total. The van der Waals surface area contributed by atoms with Crippen LogP contribution in [0, 0.1) is 6.92 Å². The predicted molar refractivity (Wildman–Crippen MR) is 89.8 cm³/mol. The van der Waals surface area contributed by atoms with E-state index in [2.05, 4.69) is 72.9 Å². The third-order valence-corrected chi connectivity index (χ3v) is 4.81. The monoisotopic (exact) mass is 288 g/mol. The Morgan fingerprint density at radius 3 is 2.60 bits per heavy atom. The van der Waals surface area contributed by atoms with Crippen LogP contribution >= 0.6 is 11.3 Å². The van der Waals surface area contributed by atoms with Gasteiger partial charge in [0.25, 0.3) is 0 Å². The fourth-order valence-corrected chi connectivity index (χ4v) is 3.33. The number of nitrogens with one attached hydrogen (secondary N) is 1. The minimum Gasteiger partial charge on any atom is -0.375 e. The van der Waals surface area contributed by atoms with Crippen molar-refractivity contribution in [3.05, 3.63) is 52.2 Å². The molecule has 0 saturated heterocycles. The van der Waals surface area contributed by atoms with Gasteiger partial charge in [0.15, 0.2) is 0 Å². The molecule has 0 spiro atoms. The lowest BCUT2D eigenvalue weighted by atomic mass is 10.2. The summed E-state index contributed by atoms with van der Waals surface area (Å²) in [5.41, 5.74) is 2.69. The Bertz CT molecular complexity index is 507. The van der Waals surface area contributed by atoms with Crippen molar-refractivity contribution in [2.24, 2.45) is 0 Å². The zero-order valence-electron chi connectivity index (χ0n) is 12.6. The van der Waals surface area contributed by atoms with E-state index in [4.69, 9.17) is 0 Å². The first-order valence-corrected chi connectivity index (χ1v) is 8.10. The maximum atomic E-state index is 3.62. The molecule has 0 saturated carbocycles. The number of thiophene rings is 1. The first-order chi connectivity index (χ1) is 9.68. The molecule has 20 heavy (non-hydrogen) atoms. The first-order valence-electron chi connectivity index (χ1n) is 7.22. The van der Waals surface area contributed by atoms with Gasteiger partial charge in [0.2, 0.25) is 0 Å². The highest BCUT2D eigenvalue weighted by atomic mass is 32.1. The number of aryl methyl sites for hydroxylation is 1. The van der Waals surface area contributed by atoms with Crippen molar-refractivity contribution in [3.8, 4) is 0 Å². The quantitative estimate of drug-likeness (QED) is 0.767. The van der Waals surface area contributed by atoms with E-state index >= 15 is 0 Å². The molecule has 0 bridgehead atoms. The molecular formula is C17H24N2S. The van der Waals surface area contributed by atoms with E-state index in [0.29, 0.717) is 6.04 Å². The predicted octanol–water partition coefficient (Wildman–Crippen LogP) is 4.23. The van der Waals surface area contributed by atoms with Gasteiger partial charge in [-0.1, -0.05) is 18.2 Å². The maximum Gasteiger partial charge on any atom is 0.0388 e. The van der Waals surface area contributed by atoms with Gasteiger partial charge in [-0.15, -0.1) is 11.3 Å². The molecular weight excluding hydrogens is 264 g/mol. The summed E-state index contributed by atoms with van der Waals surface area (Å²) in [6.07, 6.45) is 1.15. The molecule has 1 N–H and O–H groups in total. The van der Waals surface area contributed by atoms with Crippen molar-refractivity contribution in [1.29, 1.82) is 0 Å². The van der Waals surface area contributed by atoms with Crippen molar-refractivity contribution in [3.63, 3.8) is 0 Å². The number of hydrogen-bond donors (Lipinski definition) is 1. The standard InChI is InChI=1S/C17H24N2S/c1-14-10-13-20-17(14)15(2)18-11-7-12-19(3)16-8-5-4-6-9-16/h4-6,8-10,13,15,18H,7,11-12H2,1-3H3. The van der Waals surface area contributed by atoms with Crippen LogP contribution in [0.4, 0.5) is 5.69 Å². The van der Waals surface area contributed by atoms with E-state index in [-0.39, 0.29) is 0 Å². The summed E-state index contributed by atoms with van der Waals surface area (Å²) in [4.78, 5) is 3.77. The number of nitrogens with zero attached hydrogens (tertiary/aromatic N) is 1. The van der Waals surface area contributed by atoms with Gasteiger partial charge in [0.05, 0.1) is 0 Å². The summed E-state index contributed by atoms with van der Waals surface area (Å²) in [5.74, 6) is 0. The van der Waals surface area contributed by atoms with Crippen LogP contribution in [0.25, 0.3) is 0 Å². The van der Waals surface area contributed by atoms with Crippen LogP contribution in [-0.2, 0) is 0 Å². The Labute approximate surface area is 126 Å². The molecule has 0 fully saturated rings. The molecule has 0 aliphatic heterocycles. The Balaban J connectivity index is 1.70. The van der Waals surface area contributed by atoms with Crippen LogP contribution in [0.15, 0.2) is 41.8 Å². The second-order valence-electron chi connectivity index (χ2n) is 5.25. The molecule has 1 aromatic carbocycles. The fraction of sp³-hybridized carbons (Fsp3) is 0.412. The second kappa shape index (κ2) is 7.46. The lowest BCUT2D eigenvalue weighted by Crippen LogP contribution is -2.25. The Hall–Kier alpha value is -1.32. The summed E-state index contributed by atoms with van der Waals surface area (Å²) < 4.78 is 0. The smallest absolute Gasteiger partial charge is 0.0388 e. The number of para-hydroxylation sites is 1. The normalized spacial score (nSPS) is 12.3. The van der Waals surface area contributed by atoms with Crippen molar-refractivity contribution < 1.29 is 0 Å². The van der Waals surface area contributed by atoms with Crippen LogP contribution < -0.4 is 10.2 Å². The van der Waals surface area contributed by atoms with Crippen LogP contribution in [0.1, 0.15) is 29.8 Å². The zero-order chi connectivity index (χ0) is 14.4. The first kappa shape index (κ1) is 15.1. The van der Waals surface area contributed by atoms with Gasteiger partial charge in [-0.3, -0.25) is 0 Å². The SMILES string of the molecule is Cc1ccsc1C(C)NCCCN(C)c1ccccc1. The van der Waals surface area contributed by atoms with Crippen LogP contribution in [0.5, 0.6) is 0 Å². The zero-order valence-corrected chi connectivity index (χ0v) is 13.4. The highest BCUT2D eigenvalue weighted by molar-refractivity contribution is 7.10. The number of benzene rings is 1. The maximum absolute atomic E-state index is 3.62. The molecule has 1 unspecified atom stereocenters. The van der Waals surface area contributed by atoms with E-state index < -0.39 is 0 Å². The minimum atomic E-state index is 0.456. The third-order valence-electron chi connectivity index (χ3n) is 3.61. The third kappa shape index (κ3) is 4.09. The topological polar surface area (TPSA) is 15.3 Å². The molecule has 2 rings (SSSR count). The number of rotatable bonds is 7. The van der Waals surface area contributed by atoms with E-state index in [1.807, 2.05) is 11.3 Å². The van der Waals surface area contributed by atoms with Crippen LogP contribution in [0.3, 0.4) is 0 Å². The molecule has 2 aromatic rings. The molecule has 0 radical (unpaired) electrons. The average Bonchev–Trinajstić information content (AvgIpc) is 2.90. The van der Waals surface area contributed by atoms with Gasteiger partial charge in [-0.2, -0.15) is 0 Å². The Morgan fingerprint density at radius 1 is 1.20 bits per heavy atom. The number of hydrogen-bond acceptors (Lipinski definition) is 3. The molecule has 1 aromatic heterocycles. The van der Waals surface area contributed by atoms with E-state index in [9.17, 15) is 0 Å². The van der Waals surface area contributed by atoms with Gasteiger partial charge in [-0.25, -0.2) is 0 Å². The second-order valence-corrected chi connectivity index (χ2v) is 6.20. The van der Waals surface area contributed by atoms with E-state index in [1.54, 1.807) is 0 Å². The molecule has 3 heteroatoms. The van der Waals surface area contributed by atoms with E-state index in [1.165, 1.54) is 16.1 Å². The largest absolute Gasteiger partial charge is 0.375 e. The van der Waals surface area contributed by atoms with Gasteiger partial charge >= 0.3 is 0 Å². The van der Waals surface area contributed by atoms with Gasteiger partial charge in [0.1, 0.15) is 0 Å². The van der Waals surface area contributed by atoms with Crippen molar-refractivity contribution in [2.75, 3.05) is 25.0 Å². The summed E-state index contributed by atoms with van der Waals surface area (Å²) >= 11 is 1.85. The summed E-state index contributed by atoms with van der Waals surface area (Å²) in [7, 11) is 2.15. The van der Waals surface area contributed by atoms with Crippen molar-refractivity contribution in [1.82, 2.24) is 5.32 Å². The summed E-state index contributed by atoms with van der Waals surface area (Å²) in [5, 5.41) is 5.79. The lowest BCUT2D eigenvalue weighted by Gasteiger charge is -2.20. The number of anilines is 1. The van der Waals surface area contributed by atoms with Gasteiger partial charge in [-0.05, 0) is 56.0 Å². The van der Waals surface area contributed by atoms with Crippen LogP contribution in [0.2, 0.25) is 0 Å². The van der Waals surface area contributed by atoms with Gasteiger partial charge < -0.3 is 10.2 Å². The fourth-order valence-electron chi connectivity index (χ4n) is 2.37. The molecule has 1 heterocycles. The molecule has 1 atom stereocenters. The summed E-state index contributed by atoms with van der Waals surface area (Å²) in [6.45, 7) is 6.57. The van der Waals surface area contributed by atoms with Crippen molar-refractivity contribution in [2.45, 2.75) is 26.3 Å². The van der Waals surface area contributed by atoms with Crippen molar-refractivity contribution >= 4 is 17.0 Å². The Morgan fingerprint density at radius 2 is 1.95 bits per heavy atom. The molecule has 0 aliphatic rings. The van der Waals surface area contributed by atoms with Gasteiger partial charge in [0, 0.05) is 30.2 Å². The molecule has 0 aliphatic carbocycles. The lowest BCUT2D eigenvalue weighted by molar-refractivity contribution is 0.563. The highest BCUT2D eigenvalue weighted by Crippen LogP contribution is 2.23. The van der Waals surface area contributed by atoms with Crippen LogP contribution in [-0.4, -0.2) is 20.1 Å². The average molecular weight is 288 g/mol. The highest BCUT2D eigenvalue weighted by Gasteiger charge is 2.08. The molecule has 0 amide bonds. The summed E-state index contributed by atoms with van der Waals surface area (Å²) in [6, 6.07) is 13.2. The minimum absolute atomic E-state index is 0.456. The van der Waals surface area contributed by atoms with E-state index in [0.717, 1.165) is 19.5 Å². The molecule has 108 valence electrons.